The summed E-state index contributed by atoms with van der Waals surface area (Å²) in [6, 6.07) is 9.69. The normalized spacial score (nSPS) is 15.1. The number of hydrogen-bond acceptors (Lipinski definition) is 9. The zero-order valence-corrected chi connectivity index (χ0v) is 22.5. The van der Waals surface area contributed by atoms with Gasteiger partial charge >= 0.3 is 0 Å². The highest BCUT2D eigenvalue weighted by Crippen LogP contribution is 2.34. The first-order valence-corrected chi connectivity index (χ1v) is 13.1. The first-order valence-electron chi connectivity index (χ1n) is 12.7. The number of likely N-dealkylation sites (N-methyl/N-ethyl adjacent to an activating group) is 1. The molecule has 1 saturated heterocycles. The fourth-order valence-electron chi connectivity index (χ4n) is 4.73. The Labute approximate surface area is 226 Å². The third kappa shape index (κ3) is 5.73. The molecule has 1 aliphatic rings. The van der Waals surface area contributed by atoms with Crippen LogP contribution >= 0.6 is 11.6 Å². The zero-order chi connectivity index (χ0) is 26.6. The first kappa shape index (κ1) is 26.3. The number of rotatable bonds is 9. The summed E-state index contributed by atoms with van der Waals surface area (Å²) in [5.41, 5.74) is 4.16. The van der Waals surface area contributed by atoms with Crippen molar-refractivity contribution in [2.45, 2.75) is 31.9 Å². The highest BCUT2D eigenvalue weighted by atomic mass is 35.5. The summed E-state index contributed by atoms with van der Waals surface area (Å²) in [7, 11) is 3.86. The van der Waals surface area contributed by atoms with Crippen LogP contribution in [0.15, 0.2) is 42.9 Å². The highest BCUT2D eigenvalue weighted by molar-refractivity contribution is 6.31. The molecule has 1 fully saturated rings. The SMILES string of the molecule is CNCC(O)COc1cc(Cl)cc(-c2nc(-c3ccn4cnnc4c3)c(C)c(N(C)C3CCOCC3)n2)c1. The zero-order valence-electron chi connectivity index (χ0n) is 21.8. The summed E-state index contributed by atoms with van der Waals surface area (Å²) in [4.78, 5) is 12.3. The van der Waals surface area contributed by atoms with E-state index in [9.17, 15) is 5.11 Å². The molecule has 1 aromatic carbocycles. The molecular weight excluding hydrogens is 506 g/mol. The molecule has 0 aliphatic carbocycles. The average Bonchev–Trinajstić information content (AvgIpc) is 3.40. The van der Waals surface area contributed by atoms with Crippen molar-refractivity contribution in [2.24, 2.45) is 0 Å². The summed E-state index contributed by atoms with van der Waals surface area (Å²) in [5, 5.41) is 21.7. The summed E-state index contributed by atoms with van der Waals surface area (Å²) in [6.07, 6.45) is 4.82. The second-order valence-electron chi connectivity index (χ2n) is 9.51. The van der Waals surface area contributed by atoms with E-state index in [1.54, 1.807) is 19.4 Å². The molecule has 0 amide bonds. The fourth-order valence-corrected chi connectivity index (χ4v) is 4.96. The van der Waals surface area contributed by atoms with Gasteiger partial charge in [0.15, 0.2) is 11.5 Å². The van der Waals surface area contributed by atoms with E-state index in [1.165, 1.54) is 0 Å². The van der Waals surface area contributed by atoms with Gasteiger partial charge in [-0.15, -0.1) is 10.2 Å². The van der Waals surface area contributed by atoms with Crippen LogP contribution in [-0.4, -0.2) is 82.3 Å². The summed E-state index contributed by atoms with van der Waals surface area (Å²) in [6.45, 7) is 4.08. The number of nitrogens with one attached hydrogen (secondary N) is 1. The third-order valence-electron chi connectivity index (χ3n) is 6.78. The maximum Gasteiger partial charge on any atom is 0.162 e. The number of nitrogens with zero attached hydrogens (tertiary/aromatic N) is 6. The van der Waals surface area contributed by atoms with E-state index in [0.717, 1.165) is 59.9 Å². The van der Waals surface area contributed by atoms with Crippen LogP contribution in [0.1, 0.15) is 18.4 Å². The smallest absolute Gasteiger partial charge is 0.162 e. The van der Waals surface area contributed by atoms with Crippen molar-refractivity contribution in [3.63, 3.8) is 0 Å². The van der Waals surface area contributed by atoms with Crippen LogP contribution in [0.4, 0.5) is 5.82 Å². The van der Waals surface area contributed by atoms with Gasteiger partial charge in [0.1, 0.15) is 30.6 Å². The number of fused-ring (bicyclic) bond motifs is 1. The number of aliphatic hydroxyl groups excluding tert-OH is 1. The number of aromatic nitrogens is 5. The van der Waals surface area contributed by atoms with Gasteiger partial charge in [0, 0.05) is 60.8 Å². The van der Waals surface area contributed by atoms with Crippen LogP contribution in [0.2, 0.25) is 5.02 Å². The van der Waals surface area contributed by atoms with Crippen LogP contribution in [-0.2, 0) is 4.74 Å². The van der Waals surface area contributed by atoms with Crippen molar-refractivity contribution in [2.75, 3.05) is 45.4 Å². The standard InChI is InChI=1S/C27H32ClN7O3/c1-17-25(18-4-7-35-16-30-33-24(35)12-18)31-26(32-27(17)34(3)21-5-8-37-9-6-21)19-10-20(28)13-23(11-19)38-15-22(36)14-29-2/h4,7,10-13,16,21-22,29,36H,5-6,8-9,14-15H2,1-3H3. The van der Waals surface area contributed by atoms with Gasteiger partial charge in [0.05, 0.1) is 5.69 Å². The number of pyridine rings is 1. The Morgan fingerprint density at radius 3 is 2.82 bits per heavy atom. The fraction of sp³-hybridized carbons (Fsp3) is 0.407. The van der Waals surface area contributed by atoms with Gasteiger partial charge in [-0.05, 0) is 57.1 Å². The van der Waals surface area contributed by atoms with Crippen LogP contribution in [0.25, 0.3) is 28.3 Å². The number of hydrogen-bond donors (Lipinski definition) is 2. The lowest BCUT2D eigenvalue weighted by atomic mass is 10.0. The molecule has 1 aliphatic heterocycles. The van der Waals surface area contributed by atoms with Crippen LogP contribution in [0.3, 0.4) is 0 Å². The van der Waals surface area contributed by atoms with E-state index in [4.69, 9.17) is 31.0 Å². The van der Waals surface area contributed by atoms with Gasteiger partial charge in [-0.25, -0.2) is 9.97 Å². The van der Waals surface area contributed by atoms with Gasteiger partial charge in [0.2, 0.25) is 0 Å². The van der Waals surface area contributed by atoms with Crippen LogP contribution in [0.5, 0.6) is 5.75 Å². The van der Waals surface area contributed by atoms with Crippen molar-refractivity contribution in [3.05, 3.63) is 53.4 Å². The van der Waals surface area contributed by atoms with Crippen molar-refractivity contribution in [3.8, 4) is 28.4 Å². The molecule has 1 atom stereocenters. The molecule has 5 rings (SSSR count). The molecule has 38 heavy (non-hydrogen) atoms. The van der Waals surface area contributed by atoms with Crippen molar-refractivity contribution in [1.82, 2.24) is 29.9 Å². The molecule has 1 unspecified atom stereocenters. The molecule has 200 valence electrons. The highest BCUT2D eigenvalue weighted by Gasteiger charge is 2.24. The number of aliphatic hydroxyl groups is 1. The first-order chi connectivity index (χ1) is 18.4. The van der Waals surface area contributed by atoms with Gasteiger partial charge in [-0.2, -0.15) is 0 Å². The monoisotopic (exact) mass is 537 g/mol. The Morgan fingerprint density at radius 2 is 2.03 bits per heavy atom. The molecule has 0 bridgehead atoms. The largest absolute Gasteiger partial charge is 0.491 e. The van der Waals surface area contributed by atoms with E-state index in [1.807, 2.05) is 41.8 Å². The van der Waals surface area contributed by atoms with Gasteiger partial charge in [-0.3, -0.25) is 4.40 Å². The maximum atomic E-state index is 10.1. The molecule has 4 aromatic rings. The van der Waals surface area contributed by atoms with E-state index in [-0.39, 0.29) is 6.61 Å². The molecule has 0 spiro atoms. The lowest BCUT2D eigenvalue weighted by Crippen LogP contribution is -2.37. The number of anilines is 1. The third-order valence-corrected chi connectivity index (χ3v) is 7.00. The maximum absolute atomic E-state index is 10.1. The summed E-state index contributed by atoms with van der Waals surface area (Å²) in [5.74, 6) is 1.92. The molecule has 0 saturated carbocycles. The number of ether oxygens (including phenoxy) is 2. The van der Waals surface area contributed by atoms with E-state index < -0.39 is 6.10 Å². The Kier molecular flexibility index (Phi) is 8.04. The van der Waals surface area contributed by atoms with Gasteiger partial charge < -0.3 is 24.8 Å². The predicted molar refractivity (Wildman–Crippen MR) is 147 cm³/mol. The molecule has 2 N–H and O–H groups in total. The van der Waals surface area contributed by atoms with Gasteiger partial charge in [-0.1, -0.05) is 11.6 Å². The average molecular weight is 538 g/mol. The Bertz CT molecular complexity index is 1410. The quantitative estimate of drug-likeness (QED) is 0.332. The van der Waals surface area contributed by atoms with Crippen molar-refractivity contribution in [1.29, 1.82) is 0 Å². The van der Waals surface area contributed by atoms with E-state index in [0.29, 0.717) is 29.2 Å². The van der Waals surface area contributed by atoms with Gasteiger partial charge in [0.25, 0.3) is 0 Å². The molecule has 3 aromatic heterocycles. The second kappa shape index (κ2) is 11.6. The topological polar surface area (TPSA) is 110 Å². The van der Waals surface area contributed by atoms with Crippen molar-refractivity contribution < 1.29 is 14.6 Å². The molecule has 0 radical (unpaired) electrons. The summed E-state index contributed by atoms with van der Waals surface area (Å²) >= 11 is 6.49. The van der Waals surface area contributed by atoms with E-state index >= 15 is 0 Å². The van der Waals surface area contributed by atoms with Crippen LogP contribution in [0, 0.1) is 6.92 Å². The Hall–Kier alpha value is -3.31. The minimum atomic E-state index is -0.642. The Balaban J connectivity index is 1.58. The molecule has 10 nitrogen and oxygen atoms in total. The lowest BCUT2D eigenvalue weighted by molar-refractivity contribution is 0.0853. The molecular formula is C27H32ClN7O3. The minimum Gasteiger partial charge on any atom is -0.491 e. The molecule has 11 heteroatoms. The number of halogens is 1. The number of benzene rings is 1. The molecule has 4 heterocycles. The predicted octanol–water partition coefficient (Wildman–Crippen LogP) is 3.39. The minimum absolute atomic E-state index is 0.136. The second-order valence-corrected chi connectivity index (χ2v) is 9.95. The van der Waals surface area contributed by atoms with Crippen molar-refractivity contribution >= 4 is 23.1 Å². The lowest BCUT2D eigenvalue weighted by Gasteiger charge is -2.33. The van der Waals surface area contributed by atoms with Crippen LogP contribution < -0.4 is 15.0 Å². The summed E-state index contributed by atoms with van der Waals surface area (Å²) < 4.78 is 13.3. The Morgan fingerprint density at radius 1 is 1.21 bits per heavy atom. The van der Waals surface area contributed by atoms with E-state index in [2.05, 4.69) is 27.5 Å².